The number of hydrogen-bond acceptors (Lipinski definition) is 7. The molecule has 9 nitrogen and oxygen atoms in total. The summed E-state index contributed by atoms with van der Waals surface area (Å²) in [6.45, 7) is 4.39. The molecule has 1 aliphatic rings. The summed E-state index contributed by atoms with van der Waals surface area (Å²) in [7, 11) is 3.04. The monoisotopic (exact) mass is 446 g/mol. The standard InChI is InChI=1S/C23H30N2O7/c1-13(2)8-16(22(27)24-15-6-5-7-31-12-17(15)26)25-23(28)21-10-14-9-19(29-3)20(30-4)11-18(14)32-21/h9-11,13,15-16H,5-8,12H2,1-4H3,(H,24,27)(H,25,28). The van der Waals surface area contributed by atoms with E-state index in [2.05, 4.69) is 10.6 Å². The zero-order chi connectivity index (χ0) is 23.3. The van der Waals surface area contributed by atoms with Crippen LogP contribution >= 0.6 is 0 Å². The van der Waals surface area contributed by atoms with E-state index in [0.717, 1.165) is 0 Å². The maximum absolute atomic E-state index is 12.9. The first kappa shape index (κ1) is 23.6. The van der Waals surface area contributed by atoms with E-state index < -0.39 is 23.9 Å². The Balaban J connectivity index is 1.76. The summed E-state index contributed by atoms with van der Waals surface area (Å²) in [5.74, 6) is 0.129. The van der Waals surface area contributed by atoms with Crippen molar-refractivity contribution in [1.29, 1.82) is 0 Å². The molecule has 2 N–H and O–H groups in total. The van der Waals surface area contributed by atoms with E-state index in [1.165, 1.54) is 14.2 Å². The molecule has 1 fully saturated rings. The number of carbonyl (C=O) groups is 3. The van der Waals surface area contributed by atoms with Crippen LogP contribution in [0, 0.1) is 5.92 Å². The maximum Gasteiger partial charge on any atom is 0.287 e. The van der Waals surface area contributed by atoms with Crippen molar-refractivity contribution in [1.82, 2.24) is 10.6 Å². The van der Waals surface area contributed by atoms with E-state index in [1.807, 2.05) is 13.8 Å². The number of benzene rings is 1. The van der Waals surface area contributed by atoms with Crippen LogP contribution in [0.15, 0.2) is 22.6 Å². The molecule has 0 saturated carbocycles. The molecular formula is C23H30N2O7. The van der Waals surface area contributed by atoms with Gasteiger partial charge < -0.3 is 29.3 Å². The number of methoxy groups -OCH3 is 2. The Morgan fingerprint density at radius 3 is 2.56 bits per heavy atom. The first-order valence-corrected chi connectivity index (χ1v) is 10.7. The predicted molar refractivity (Wildman–Crippen MR) is 117 cm³/mol. The summed E-state index contributed by atoms with van der Waals surface area (Å²) < 4.78 is 21.5. The zero-order valence-electron chi connectivity index (χ0n) is 18.9. The summed E-state index contributed by atoms with van der Waals surface area (Å²) in [6.07, 6.45) is 1.61. The molecule has 1 aromatic heterocycles. The molecule has 0 radical (unpaired) electrons. The third-order valence-corrected chi connectivity index (χ3v) is 5.31. The first-order valence-electron chi connectivity index (χ1n) is 10.7. The molecule has 1 aliphatic heterocycles. The van der Waals surface area contributed by atoms with Gasteiger partial charge in [0.25, 0.3) is 5.91 Å². The minimum absolute atomic E-state index is 0.0158. The number of ketones is 1. The van der Waals surface area contributed by atoms with Gasteiger partial charge in [-0.2, -0.15) is 0 Å². The van der Waals surface area contributed by atoms with Crippen molar-refractivity contribution < 1.29 is 33.0 Å². The number of ether oxygens (including phenoxy) is 3. The van der Waals surface area contributed by atoms with E-state index in [-0.39, 0.29) is 24.1 Å². The molecular weight excluding hydrogens is 416 g/mol. The first-order chi connectivity index (χ1) is 15.3. The van der Waals surface area contributed by atoms with E-state index in [4.69, 9.17) is 18.6 Å². The normalized spacial score (nSPS) is 17.7. The van der Waals surface area contributed by atoms with Crippen LogP contribution in [0.5, 0.6) is 11.5 Å². The van der Waals surface area contributed by atoms with Gasteiger partial charge in [0.15, 0.2) is 23.0 Å². The van der Waals surface area contributed by atoms with Crippen molar-refractivity contribution in [3.05, 3.63) is 24.0 Å². The fourth-order valence-electron chi connectivity index (χ4n) is 3.66. The number of Topliss-reactive ketones (excluding diaryl/α,β-unsaturated/α-hetero) is 1. The SMILES string of the molecule is COc1cc2cc(C(=O)NC(CC(C)C)C(=O)NC3CCCOCC3=O)oc2cc1OC. The zero-order valence-corrected chi connectivity index (χ0v) is 18.9. The van der Waals surface area contributed by atoms with Gasteiger partial charge in [0, 0.05) is 18.1 Å². The average Bonchev–Trinajstić information content (AvgIpc) is 3.08. The number of nitrogens with one attached hydrogen (secondary N) is 2. The molecule has 1 saturated heterocycles. The van der Waals surface area contributed by atoms with Gasteiger partial charge in [-0.1, -0.05) is 13.8 Å². The lowest BCUT2D eigenvalue weighted by Gasteiger charge is -2.22. The van der Waals surface area contributed by atoms with E-state index >= 15 is 0 Å². The molecule has 9 heteroatoms. The molecule has 2 atom stereocenters. The fraction of sp³-hybridized carbons (Fsp3) is 0.522. The lowest BCUT2D eigenvalue weighted by molar-refractivity contribution is -0.130. The van der Waals surface area contributed by atoms with E-state index in [1.54, 1.807) is 18.2 Å². The van der Waals surface area contributed by atoms with Gasteiger partial charge in [-0.3, -0.25) is 14.4 Å². The second kappa shape index (κ2) is 10.5. The molecule has 0 spiro atoms. The molecule has 2 amide bonds. The van der Waals surface area contributed by atoms with Crippen LogP contribution in [0.2, 0.25) is 0 Å². The van der Waals surface area contributed by atoms with Crippen LogP contribution in [0.4, 0.5) is 0 Å². The summed E-state index contributed by atoms with van der Waals surface area (Å²) in [4.78, 5) is 38.0. The highest BCUT2D eigenvalue weighted by Crippen LogP contribution is 2.33. The second-order valence-corrected chi connectivity index (χ2v) is 8.23. The van der Waals surface area contributed by atoms with Crippen molar-refractivity contribution >= 4 is 28.6 Å². The topological polar surface area (TPSA) is 116 Å². The van der Waals surface area contributed by atoms with Crippen molar-refractivity contribution in [3.63, 3.8) is 0 Å². The Bertz CT molecular complexity index is 941. The van der Waals surface area contributed by atoms with Gasteiger partial charge in [0.05, 0.1) is 20.3 Å². The average molecular weight is 447 g/mol. The summed E-state index contributed by atoms with van der Waals surface area (Å²) in [5.41, 5.74) is 0.460. The van der Waals surface area contributed by atoms with Crippen LogP contribution in [0.1, 0.15) is 43.7 Å². The van der Waals surface area contributed by atoms with Crippen LogP contribution in [0.25, 0.3) is 11.0 Å². The van der Waals surface area contributed by atoms with Crippen LogP contribution in [-0.4, -0.2) is 57.1 Å². The molecule has 2 unspecified atom stereocenters. The molecule has 174 valence electrons. The number of hydrogen-bond donors (Lipinski definition) is 2. The smallest absolute Gasteiger partial charge is 0.287 e. The Morgan fingerprint density at radius 1 is 1.16 bits per heavy atom. The highest BCUT2D eigenvalue weighted by molar-refractivity contribution is 6.00. The van der Waals surface area contributed by atoms with E-state index in [9.17, 15) is 14.4 Å². The Kier molecular flexibility index (Phi) is 7.74. The highest BCUT2D eigenvalue weighted by Gasteiger charge is 2.29. The van der Waals surface area contributed by atoms with Crippen LogP contribution in [-0.2, 0) is 14.3 Å². The van der Waals surface area contributed by atoms with E-state index in [0.29, 0.717) is 48.3 Å². The summed E-state index contributed by atoms with van der Waals surface area (Å²) in [6, 6.07) is 3.53. The Morgan fingerprint density at radius 2 is 1.88 bits per heavy atom. The molecule has 1 aromatic carbocycles. The van der Waals surface area contributed by atoms with Gasteiger partial charge in [-0.05, 0) is 37.3 Å². The number of rotatable bonds is 8. The highest BCUT2D eigenvalue weighted by atomic mass is 16.5. The van der Waals surface area contributed by atoms with Crippen molar-refractivity contribution in [3.8, 4) is 11.5 Å². The van der Waals surface area contributed by atoms with Gasteiger partial charge in [0.1, 0.15) is 18.2 Å². The minimum Gasteiger partial charge on any atom is -0.493 e. The lowest BCUT2D eigenvalue weighted by atomic mass is 10.0. The number of amides is 2. The summed E-state index contributed by atoms with van der Waals surface area (Å²) >= 11 is 0. The van der Waals surface area contributed by atoms with Crippen molar-refractivity contribution in [2.24, 2.45) is 5.92 Å². The van der Waals surface area contributed by atoms with Gasteiger partial charge >= 0.3 is 0 Å². The largest absolute Gasteiger partial charge is 0.493 e. The number of fused-ring (bicyclic) bond motifs is 1. The Hall–Kier alpha value is -3.07. The van der Waals surface area contributed by atoms with Gasteiger partial charge in [-0.25, -0.2) is 0 Å². The van der Waals surface area contributed by atoms with Crippen molar-refractivity contribution in [2.45, 2.75) is 45.2 Å². The molecule has 0 aliphatic carbocycles. The van der Waals surface area contributed by atoms with Crippen LogP contribution < -0.4 is 20.1 Å². The van der Waals surface area contributed by atoms with Crippen molar-refractivity contribution in [2.75, 3.05) is 27.4 Å². The minimum atomic E-state index is -0.809. The molecule has 3 rings (SSSR count). The third kappa shape index (κ3) is 5.59. The second-order valence-electron chi connectivity index (χ2n) is 8.23. The maximum atomic E-state index is 12.9. The van der Waals surface area contributed by atoms with Crippen LogP contribution in [0.3, 0.4) is 0 Å². The van der Waals surface area contributed by atoms with Gasteiger partial charge in [0.2, 0.25) is 5.91 Å². The molecule has 0 bridgehead atoms. The fourth-order valence-corrected chi connectivity index (χ4v) is 3.66. The quantitative estimate of drug-likeness (QED) is 0.640. The Labute approximate surface area is 186 Å². The molecule has 2 heterocycles. The summed E-state index contributed by atoms with van der Waals surface area (Å²) in [5, 5.41) is 6.20. The third-order valence-electron chi connectivity index (χ3n) is 5.31. The lowest BCUT2D eigenvalue weighted by Crippen LogP contribution is -2.52. The van der Waals surface area contributed by atoms with Gasteiger partial charge in [-0.15, -0.1) is 0 Å². The molecule has 32 heavy (non-hydrogen) atoms. The molecule has 2 aromatic rings. The predicted octanol–water partition coefficient (Wildman–Crippen LogP) is 2.46. The number of furan rings is 1. The number of carbonyl (C=O) groups excluding carboxylic acids is 3.